The van der Waals surface area contributed by atoms with Crippen molar-refractivity contribution in [3.63, 3.8) is 0 Å². The second kappa shape index (κ2) is 4.92. The Labute approximate surface area is 105 Å². The van der Waals surface area contributed by atoms with Gasteiger partial charge < -0.3 is 9.84 Å². The summed E-state index contributed by atoms with van der Waals surface area (Å²) in [5.74, 6) is 0. The van der Waals surface area contributed by atoms with Crippen LogP contribution in [0.1, 0.15) is 18.4 Å². The molecule has 0 aliphatic carbocycles. The van der Waals surface area contributed by atoms with Crippen LogP contribution in [0.5, 0.6) is 0 Å². The summed E-state index contributed by atoms with van der Waals surface area (Å²) in [6, 6.07) is 5.51. The average molecular weight is 261 g/mol. The van der Waals surface area contributed by atoms with Gasteiger partial charge in [-0.25, -0.2) is 0 Å². The maximum absolute atomic E-state index is 10.4. The first kappa shape index (κ1) is 12.2. The molecular weight excluding hydrogens is 247 g/mol. The fraction of sp³-hybridized carbons (Fsp3) is 0.500. The Bertz CT molecular complexity index is 373. The van der Waals surface area contributed by atoms with Crippen molar-refractivity contribution >= 4 is 23.2 Å². The van der Waals surface area contributed by atoms with E-state index in [4.69, 9.17) is 27.9 Å². The summed E-state index contributed by atoms with van der Waals surface area (Å²) < 4.78 is 5.24. The number of rotatable bonds is 2. The molecule has 0 atom stereocenters. The van der Waals surface area contributed by atoms with E-state index in [-0.39, 0.29) is 0 Å². The van der Waals surface area contributed by atoms with E-state index in [0.29, 0.717) is 42.5 Å². The molecule has 1 fully saturated rings. The smallest absolute Gasteiger partial charge is 0.0732 e. The van der Waals surface area contributed by atoms with Gasteiger partial charge in [-0.2, -0.15) is 0 Å². The number of aliphatic hydroxyl groups is 1. The van der Waals surface area contributed by atoms with Crippen LogP contribution in [-0.4, -0.2) is 23.9 Å². The van der Waals surface area contributed by atoms with Gasteiger partial charge in [0.05, 0.1) is 15.6 Å². The van der Waals surface area contributed by atoms with E-state index in [1.807, 2.05) is 12.1 Å². The Morgan fingerprint density at radius 2 is 1.94 bits per heavy atom. The first-order chi connectivity index (χ1) is 7.61. The first-order valence-electron chi connectivity index (χ1n) is 5.34. The fourth-order valence-electron chi connectivity index (χ4n) is 1.97. The van der Waals surface area contributed by atoms with E-state index in [0.717, 1.165) is 5.56 Å². The Balaban J connectivity index is 2.16. The van der Waals surface area contributed by atoms with Crippen LogP contribution < -0.4 is 0 Å². The third-order valence-corrected chi connectivity index (χ3v) is 3.83. The minimum atomic E-state index is -0.702. The van der Waals surface area contributed by atoms with Crippen molar-refractivity contribution in [2.24, 2.45) is 0 Å². The van der Waals surface area contributed by atoms with Gasteiger partial charge in [-0.05, 0) is 24.5 Å². The molecule has 1 N–H and O–H groups in total. The maximum Gasteiger partial charge on any atom is 0.0732 e. The van der Waals surface area contributed by atoms with Gasteiger partial charge in [0, 0.05) is 19.6 Å². The molecule has 1 saturated heterocycles. The lowest BCUT2D eigenvalue weighted by Crippen LogP contribution is -2.38. The zero-order valence-electron chi connectivity index (χ0n) is 8.88. The Morgan fingerprint density at radius 3 is 2.62 bits per heavy atom. The molecule has 0 radical (unpaired) electrons. The van der Waals surface area contributed by atoms with Crippen LogP contribution in [-0.2, 0) is 11.2 Å². The second-order valence-electron chi connectivity index (χ2n) is 4.23. The van der Waals surface area contributed by atoms with Crippen molar-refractivity contribution in [1.82, 2.24) is 0 Å². The number of benzene rings is 1. The molecule has 0 saturated carbocycles. The summed E-state index contributed by atoms with van der Waals surface area (Å²) in [6.45, 7) is 1.21. The predicted octanol–water partition coefficient (Wildman–Crippen LogP) is 3.08. The van der Waals surface area contributed by atoms with E-state index in [1.165, 1.54) is 0 Å². The van der Waals surface area contributed by atoms with Gasteiger partial charge in [0.15, 0.2) is 0 Å². The van der Waals surface area contributed by atoms with E-state index < -0.39 is 5.60 Å². The fourth-order valence-corrected chi connectivity index (χ4v) is 2.35. The summed E-state index contributed by atoms with van der Waals surface area (Å²) in [5, 5.41) is 11.4. The van der Waals surface area contributed by atoms with Crippen LogP contribution in [0.4, 0.5) is 0 Å². The molecular formula is C12H14Cl2O2. The van der Waals surface area contributed by atoms with Gasteiger partial charge in [-0.3, -0.25) is 0 Å². The molecule has 88 valence electrons. The highest BCUT2D eigenvalue weighted by Crippen LogP contribution is 2.31. The van der Waals surface area contributed by atoms with Gasteiger partial charge in [0.1, 0.15) is 0 Å². The van der Waals surface area contributed by atoms with Crippen LogP contribution in [0, 0.1) is 0 Å². The largest absolute Gasteiger partial charge is 0.389 e. The summed E-state index contributed by atoms with van der Waals surface area (Å²) in [5.41, 5.74) is 0.200. The normalized spacial score (nSPS) is 19.7. The molecule has 0 bridgehead atoms. The van der Waals surface area contributed by atoms with Crippen molar-refractivity contribution in [3.8, 4) is 0 Å². The quantitative estimate of drug-likeness (QED) is 0.886. The van der Waals surface area contributed by atoms with Crippen molar-refractivity contribution in [2.45, 2.75) is 24.9 Å². The SMILES string of the molecule is OC1(Cc2cccc(Cl)c2Cl)CCOCC1. The maximum atomic E-state index is 10.4. The Morgan fingerprint density at radius 1 is 1.25 bits per heavy atom. The molecule has 2 nitrogen and oxygen atoms in total. The van der Waals surface area contributed by atoms with Crippen molar-refractivity contribution in [1.29, 1.82) is 0 Å². The van der Waals surface area contributed by atoms with Crippen LogP contribution in [0.15, 0.2) is 18.2 Å². The second-order valence-corrected chi connectivity index (χ2v) is 5.01. The molecule has 1 aliphatic heterocycles. The lowest BCUT2D eigenvalue weighted by Gasteiger charge is -2.32. The van der Waals surface area contributed by atoms with Crippen LogP contribution >= 0.6 is 23.2 Å². The first-order valence-corrected chi connectivity index (χ1v) is 6.09. The topological polar surface area (TPSA) is 29.5 Å². The number of hydrogen-bond acceptors (Lipinski definition) is 2. The highest BCUT2D eigenvalue weighted by molar-refractivity contribution is 6.42. The number of hydrogen-bond donors (Lipinski definition) is 1. The highest BCUT2D eigenvalue weighted by Gasteiger charge is 2.30. The van der Waals surface area contributed by atoms with Gasteiger partial charge in [0.25, 0.3) is 0 Å². The lowest BCUT2D eigenvalue weighted by atomic mass is 9.87. The average Bonchev–Trinajstić information content (AvgIpc) is 2.26. The molecule has 4 heteroatoms. The summed E-state index contributed by atoms with van der Waals surface area (Å²) in [4.78, 5) is 0. The molecule has 1 aromatic carbocycles. The summed E-state index contributed by atoms with van der Waals surface area (Å²) in [7, 11) is 0. The van der Waals surface area contributed by atoms with Crippen LogP contribution in [0.2, 0.25) is 10.0 Å². The molecule has 1 aromatic rings. The van der Waals surface area contributed by atoms with Crippen molar-refractivity contribution in [3.05, 3.63) is 33.8 Å². The molecule has 0 amide bonds. The van der Waals surface area contributed by atoms with E-state index in [1.54, 1.807) is 6.07 Å². The zero-order valence-corrected chi connectivity index (χ0v) is 10.4. The summed E-state index contributed by atoms with van der Waals surface area (Å²) >= 11 is 12.0. The number of halogens is 2. The van der Waals surface area contributed by atoms with Crippen LogP contribution in [0.3, 0.4) is 0 Å². The molecule has 0 unspecified atom stereocenters. The minimum Gasteiger partial charge on any atom is -0.389 e. The third kappa shape index (κ3) is 2.69. The summed E-state index contributed by atoms with van der Waals surface area (Å²) in [6.07, 6.45) is 1.83. The van der Waals surface area contributed by atoms with E-state index in [9.17, 15) is 5.11 Å². The molecule has 0 aromatic heterocycles. The Hall–Kier alpha value is -0.280. The van der Waals surface area contributed by atoms with Gasteiger partial charge in [-0.15, -0.1) is 0 Å². The molecule has 16 heavy (non-hydrogen) atoms. The molecule has 1 aliphatic rings. The predicted molar refractivity (Wildman–Crippen MR) is 65.2 cm³/mol. The molecule has 0 spiro atoms. The van der Waals surface area contributed by atoms with Crippen molar-refractivity contribution < 1.29 is 9.84 Å². The standard InChI is InChI=1S/C12H14Cl2O2/c13-10-3-1-2-9(11(10)14)8-12(15)4-6-16-7-5-12/h1-3,15H,4-8H2. The van der Waals surface area contributed by atoms with Crippen LogP contribution in [0.25, 0.3) is 0 Å². The van der Waals surface area contributed by atoms with Gasteiger partial charge in [-0.1, -0.05) is 35.3 Å². The molecule has 1 heterocycles. The van der Waals surface area contributed by atoms with E-state index >= 15 is 0 Å². The Kier molecular flexibility index (Phi) is 3.75. The monoisotopic (exact) mass is 260 g/mol. The van der Waals surface area contributed by atoms with Crippen molar-refractivity contribution in [2.75, 3.05) is 13.2 Å². The highest BCUT2D eigenvalue weighted by atomic mass is 35.5. The molecule has 2 rings (SSSR count). The van der Waals surface area contributed by atoms with Gasteiger partial charge in [0.2, 0.25) is 0 Å². The lowest BCUT2D eigenvalue weighted by molar-refractivity contribution is -0.0625. The number of ether oxygens (including phenoxy) is 1. The van der Waals surface area contributed by atoms with Gasteiger partial charge >= 0.3 is 0 Å². The third-order valence-electron chi connectivity index (χ3n) is 2.97. The zero-order chi connectivity index (χ0) is 11.6. The minimum absolute atomic E-state index is 0.537. The van der Waals surface area contributed by atoms with E-state index in [2.05, 4.69) is 0 Å².